The fourth-order valence-electron chi connectivity index (χ4n) is 3.92. The van der Waals surface area contributed by atoms with Crippen molar-refractivity contribution in [3.8, 4) is 0 Å². The lowest BCUT2D eigenvalue weighted by atomic mass is 9.77. The van der Waals surface area contributed by atoms with Crippen LogP contribution >= 0.6 is 0 Å². The largest absolute Gasteiger partial charge is 0.383 e. The molecular formula is C16H28N4O3S. The minimum atomic E-state index is -3.26. The van der Waals surface area contributed by atoms with E-state index in [1.54, 1.807) is 11.4 Å². The van der Waals surface area contributed by atoms with Gasteiger partial charge in [-0.1, -0.05) is 31.4 Å². The number of nitrogens with zero attached hydrogens (tertiary/aromatic N) is 4. The summed E-state index contributed by atoms with van der Waals surface area (Å²) in [6.07, 6.45) is 6.21. The minimum absolute atomic E-state index is 0.0760. The zero-order valence-corrected chi connectivity index (χ0v) is 15.5. The van der Waals surface area contributed by atoms with Gasteiger partial charge in [0, 0.05) is 20.1 Å². The molecule has 0 radical (unpaired) electrons. The second-order valence-corrected chi connectivity index (χ2v) is 9.38. The molecule has 0 N–H and O–H groups in total. The number of aromatic nitrogens is 3. The minimum Gasteiger partial charge on any atom is -0.383 e. The summed E-state index contributed by atoms with van der Waals surface area (Å²) in [4.78, 5) is 0. The molecule has 1 saturated carbocycles. The molecule has 24 heavy (non-hydrogen) atoms. The lowest BCUT2D eigenvalue weighted by Gasteiger charge is -2.35. The van der Waals surface area contributed by atoms with Crippen molar-refractivity contribution in [2.45, 2.75) is 58.5 Å². The summed E-state index contributed by atoms with van der Waals surface area (Å²) < 4.78 is 34.3. The van der Waals surface area contributed by atoms with Crippen LogP contribution < -0.4 is 0 Å². The summed E-state index contributed by atoms with van der Waals surface area (Å²) in [7, 11) is -1.60. The Morgan fingerprint density at radius 1 is 1.25 bits per heavy atom. The average Bonchev–Trinajstić information content (AvgIpc) is 2.95. The molecule has 7 nitrogen and oxygen atoms in total. The standard InChI is InChI=1S/C16H28N4O3S/c1-16(7-4-3-5-8-16)13-24(21,22)19-9-6-15-14(12-19)17-18-20(15)10-11-23-2/h3-13H2,1-2H3. The Morgan fingerprint density at radius 2 is 2.00 bits per heavy atom. The van der Waals surface area contributed by atoms with Crippen molar-refractivity contribution in [3.05, 3.63) is 11.4 Å². The summed E-state index contributed by atoms with van der Waals surface area (Å²) in [6, 6.07) is 0. The summed E-state index contributed by atoms with van der Waals surface area (Å²) in [6.45, 7) is 4.23. The van der Waals surface area contributed by atoms with E-state index in [-0.39, 0.29) is 11.2 Å². The Morgan fingerprint density at radius 3 is 2.71 bits per heavy atom. The summed E-state index contributed by atoms with van der Waals surface area (Å²) in [5.41, 5.74) is 1.75. The molecule has 1 aliphatic carbocycles. The van der Waals surface area contributed by atoms with Crippen LogP contribution in [0, 0.1) is 5.41 Å². The predicted octanol–water partition coefficient (Wildman–Crippen LogP) is 1.58. The van der Waals surface area contributed by atoms with E-state index in [4.69, 9.17) is 4.74 Å². The van der Waals surface area contributed by atoms with E-state index in [0.717, 1.165) is 37.1 Å². The van der Waals surface area contributed by atoms with Gasteiger partial charge >= 0.3 is 0 Å². The molecule has 0 spiro atoms. The highest BCUT2D eigenvalue weighted by Crippen LogP contribution is 2.38. The van der Waals surface area contributed by atoms with Gasteiger partial charge in [-0.3, -0.25) is 0 Å². The third kappa shape index (κ3) is 3.81. The van der Waals surface area contributed by atoms with Crippen molar-refractivity contribution in [1.82, 2.24) is 19.3 Å². The molecule has 1 aromatic heterocycles. The van der Waals surface area contributed by atoms with E-state index in [1.807, 2.05) is 4.68 Å². The number of hydrogen-bond acceptors (Lipinski definition) is 5. The predicted molar refractivity (Wildman–Crippen MR) is 91.0 cm³/mol. The fourth-order valence-corrected chi connectivity index (χ4v) is 5.96. The number of ether oxygens (including phenoxy) is 1. The monoisotopic (exact) mass is 356 g/mol. The molecule has 1 fully saturated rings. The van der Waals surface area contributed by atoms with Gasteiger partial charge in [0.15, 0.2) is 0 Å². The van der Waals surface area contributed by atoms with Crippen molar-refractivity contribution in [2.24, 2.45) is 5.41 Å². The molecule has 1 aromatic rings. The maximum atomic E-state index is 12.9. The van der Waals surface area contributed by atoms with E-state index in [1.165, 1.54) is 6.42 Å². The van der Waals surface area contributed by atoms with Gasteiger partial charge in [-0.15, -0.1) is 5.10 Å². The van der Waals surface area contributed by atoms with Crippen molar-refractivity contribution < 1.29 is 13.2 Å². The lowest BCUT2D eigenvalue weighted by Crippen LogP contribution is -2.42. The molecule has 0 amide bonds. The maximum Gasteiger partial charge on any atom is 0.215 e. The topological polar surface area (TPSA) is 77.3 Å². The third-order valence-corrected chi connectivity index (χ3v) is 7.49. The number of fused-ring (bicyclic) bond motifs is 1. The van der Waals surface area contributed by atoms with Gasteiger partial charge in [0.1, 0.15) is 5.69 Å². The molecule has 0 saturated heterocycles. The first-order valence-electron chi connectivity index (χ1n) is 8.82. The van der Waals surface area contributed by atoms with Crippen LogP contribution in [0.2, 0.25) is 0 Å². The summed E-state index contributed by atoms with van der Waals surface area (Å²) in [5, 5.41) is 8.34. The first-order valence-corrected chi connectivity index (χ1v) is 10.4. The number of methoxy groups -OCH3 is 1. The van der Waals surface area contributed by atoms with Gasteiger partial charge in [-0.05, 0) is 18.3 Å². The van der Waals surface area contributed by atoms with Crippen LogP contribution in [0.5, 0.6) is 0 Å². The second-order valence-electron chi connectivity index (χ2n) is 7.41. The molecule has 0 unspecified atom stereocenters. The van der Waals surface area contributed by atoms with Crippen molar-refractivity contribution in [1.29, 1.82) is 0 Å². The Hall–Kier alpha value is -0.990. The van der Waals surface area contributed by atoms with Gasteiger partial charge in [0.05, 0.1) is 31.1 Å². The average molecular weight is 356 g/mol. The molecule has 0 aromatic carbocycles. The highest BCUT2D eigenvalue weighted by molar-refractivity contribution is 7.89. The third-order valence-electron chi connectivity index (χ3n) is 5.33. The first-order chi connectivity index (χ1) is 11.4. The maximum absolute atomic E-state index is 12.9. The Balaban J connectivity index is 1.69. The summed E-state index contributed by atoms with van der Waals surface area (Å²) >= 11 is 0. The van der Waals surface area contributed by atoms with Gasteiger partial charge in [-0.25, -0.2) is 13.1 Å². The van der Waals surface area contributed by atoms with Crippen molar-refractivity contribution in [3.63, 3.8) is 0 Å². The van der Waals surface area contributed by atoms with Crippen LogP contribution in [0.1, 0.15) is 50.4 Å². The quantitative estimate of drug-likeness (QED) is 0.773. The molecule has 1 aliphatic heterocycles. The molecular weight excluding hydrogens is 328 g/mol. The van der Waals surface area contributed by atoms with Crippen LogP contribution in [0.3, 0.4) is 0 Å². The highest BCUT2D eigenvalue weighted by atomic mass is 32.2. The van der Waals surface area contributed by atoms with Gasteiger partial charge in [0.25, 0.3) is 0 Å². The van der Waals surface area contributed by atoms with Gasteiger partial charge in [0.2, 0.25) is 10.0 Å². The SMILES string of the molecule is COCCn1nnc2c1CCN(S(=O)(=O)CC1(C)CCCCC1)C2. The van der Waals surface area contributed by atoms with Gasteiger partial charge < -0.3 is 4.74 Å². The molecule has 2 aliphatic rings. The number of sulfonamides is 1. The van der Waals surface area contributed by atoms with E-state index in [9.17, 15) is 8.42 Å². The van der Waals surface area contributed by atoms with E-state index in [2.05, 4.69) is 17.2 Å². The summed E-state index contributed by atoms with van der Waals surface area (Å²) in [5.74, 6) is 0.257. The molecule has 8 heteroatoms. The van der Waals surface area contributed by atoms with Crippen LogP contribution in [0.4, 0.5) is 0 Å². The number of hydrogen-bond donors (Lipinski definition) is 0. The highest BCUT2D eigenvalue weighted by Gasteiger charge is 2.37. The Labute approximate surface area is 144 Å². The molecule has 3 rings (SSSR count). The van der Waals surface area contributed by atoms with Gasteiger partial charge in [-0.2, -0.15) is 4.31 Å². The fraction of sp³-hybridized carbons (Fsp3) is 0.875. The second kappa shape index (κ2) is 7.09. The van der Waals surface area contributed by atoms with E-state index in [0.29, 0.717) is 32.7 Å². The Kier molecular flexibility index (Phi) is 5.27. The van der Waals surface area contributed by atoms with Crippen LogP contribution in [0.15, 0.2) is 0 Å². The first kappa shape index (κ1) is 17.8. The van der Waals surface area contributed by atoms with Crippen LogP contribution in [0.25, 0.3) is 0 Å². The molecule has 0 bridgehead atoms. The van der Waals surface area contributed by atoms with Crippen LogP contribution in [-0.2, 0) is 34.3 Å². The van der Waals surface area contributed by atoms with Crippen LogP contribution in [-0.4, -0.2) is 53.7 Å². The number of rotatable bonds is 6. The zero-order valence-electron chi connectivity index (χ0n) is 14.7. The van der Waals surface area contributed by atoms with Crippen molar-refractivity contribution >= 4 is 10.0 Å². The van der Waals surface area contributed by atoms with E-state index < -0.39 is 10.0 Å². The molecule has 0 atom stereocenters. The Bertz CT molecular complexity index is 665. The normalized spacial score (nSPS) is 21.6. The van der Waals surface area contributed by atoms with E-state index >= 15 is 0 Å². The van der Waals surface area contributed by atoms with Crippen molar-refractivity contribution in [2.75, 3.05) is 26.0 Å². The lowest BCUT2D eigenvalue weighted by molar-refractivity contribution is 0.181. The molecule has 136 valence electrons. The smallest absolute Gasteiger partial charge is 0.215 e. The zero-order chi connectivity index (χ0) is 17.2. The molecule has 2 heterocycles.